The molecule has 0 aromatic carbocycles. The van der Waals surface area contributed by atoms with Gasteiger partial charge in [0.25, 0.3) is 0 Å². The molecule has 10 nitrogen and oxygen atoms in total. The number of nitrogens with zero attached hydrogens (tertiary/aromatic N) is 1. The fourth-order valence-electron chi connectivity index (χ4n) is 2.09. The molecule has 0 aromatic heterocycles. The molecule has 0 fully saturated rings. The van der Waals surface area contributed by atoms with Gasteiger partial charge in [-0.15, -0.1) is 0 Å². The van der Waals surface area contributed by atoms with Crippen LogP contribution in [0.25, 0.3) is 0 Å². The molecule has 29 heavy (non-hydrogen) atoms. The molecule has 0 unspecified atom stereocenters. The highest BCUT2D eigenvalue weighted by atomic mass is 28.3. The summed E-state index contributed by atoms with van der Waals surface area (Å²) in [5, 5.41) is 33.8. The van der Waals surface area contributed by atoms with E-state index >= 15 is 0 Å². The Morgan fingerprint density at radius 1 is 0.931 bits per heavy atom. The number of hydrogen-bond donors (Lipinski definition) is 4. The van der Waals surface area contributed by atoms with Crippen molar-refractivity contribution in [1.82, 2.24) is 4.90 Å². The van der Waals surface area contributed by atoms with Gasteiger partial charge in [-0.3, -0.25) is 14.4 Å². The number of esters is 1. The highest BCUT2D eigenvalue weighted by Crippen LogP contribution is 2.15. The maximum Gasteiger partial charge on any atom is 0.336 e. The fourth-order valence-corrected chi connectivity index (χ4v) is 3.05. The molecule has 0 bridgehead atoms. The first-order chi connectivity index (χ1) is 13.2. The molecule has 4 N–H and O–H groups in total. The van der Waals surface area contributed by atoms with Gasteiger partial charge in [0, 0.05) is 21.0 Å². The minimum Gasteiger partial charge on any atom is -0.481 e. The average molecular weight is 438 g/mol. The first kappa shape index (κ1) is 29.2. The Bertz CT molecular complexity index is 526. The fraction of sp³-hybridized carbons (Fsp3) is 0.778. The molecule has 0 aromatic rings. The van der Waals surface area contributed by atoms with E-state index in [1.54, 1.807) is 0 Å². The van der Waals surface area contributed by atoms with Crippen molar-refractivity contribution in [3.8, 4) is 0 Å². The van der Waals surface area contributed by atoms with Crippen LogP contribution in [-0.4, -0.2) is 89.1 Å². The van der Waals surface area contributed by atoms with Crippen LogP contribution in [0.1, 0.15) is 33.1 Å². The quantitative estimate of drug-likeness (QED) is 0.244. The summed E-state index contributed by atoms with van der Waals surface area (Å²) >= 11 is 0. The van der Waals surface area contributed by atoms with Crippen LogP contribution < -0.4 is 0 Å². The van der Waals surface area contributed by atoms with Crippen molar-refractivity contribution in [3.05, 3.63) is 0 Å². The van der Waals surface area contributed by atoms with Gasteiger partial charge in [0.1, 0.15) is 6.61 Å². The number of aliphatic hydroxyl groups is 1. The number of carboxylic acids is 3. The van der Waals surface area contributed by atoms with Crippen molar-refractivity contribution in [3.63, 3.8) is 0 Å². The lowest BCUT2D eigenvalue weighted by atomic mass is 9.96. The summed E-state index contributed by atoms with van der Waals surface area (Å²) in [6.45, 7) is 14.5. The lowest BCUT2D eigenvalue weighted by molar-refractivity contribution is -0.170. The van der Waals surface area contributed by atoms with E-state index in [1.165, 1.54) is 0 Å². The molecule has 0 atom stereocenters. The second-order valence-electron chi connectivity index (χ2n) is 7.79. The molecule has 0 aliphatic rings. The molecular weight excluding hydrogens is 402 g/mol. The molecule has 11 heteroatoms. The molecule has 0 radical (unpaired) electrons. The van der Waals surface area contributed by atoms with E-state index < -0.39 is 44.4 Å². The zero-order chi connectivity index (χ0) is 23.3. The first-order valence-electron chi connectivity index (χ1n) is 9.44. The van der Waals surface area contributed by atoms with Gasteiger partial charge in [-0.05, 0) is 19.1 Å². The van der Waals surface area contributed by atoms with Crippen molar-refractivity contribution in [1.29, 1.82) is 0 Å². The number of carbonyl (C=O) groups is 4. The van der Waals surface area contributed by atoms with E-state index in [0.717, 1.165) is 25.7 Å². The van der Waals surface area contributed by atoms with E-state index in [1.807, 2.05) is 0 Å². The molecule has 0 heterocycles. The van der Waals surface area contributed by atoms with Crippen LogP contribution in [0.5, 0.6) is 0 Å². The van der Waals surface area contributed by atoms with Crippen LogP contribution in [0, 0.1) is 0 Å². The van der Waals surface area contributed by atoms with Crippen molar-refractivity contribution in [2.24, 2.45) is 0 Å². The molecule has 0 aliphatic carbocycles. The molecule has 170 valence electrons. The predicted octanol–water partition coefficient (Wildman–Crippen LogP) is 1.35. The average Bonchev–Trinajstić information content (AvgIpc) is 2.55. The molecule has 0 rings (SSSR count). The Hall–Kier alpha value is -1.98. The number of carboxylic acid groups (broad SMARTS) is 3. The Morgan fingerprint density at radius 3 is 1.69 bits per heavy atom. The van der Waals surface area contributed by atoms with Gasteiger partial charge in [-0.2, -0.15) is 0 Å². The molecule has 0 aliphatic heterocycles. The standard InChI is InChI=1S/C12H27NO2Si.C6H8O7/c1-6-13(7-2)9-10-15-12(14)8-11-16(3,4)5;7-3(8)1-6(13,5(11)12)2-4(9)10/h6-11H2,1-5H3;13H,1-2H2,(H,7,8)(H,9,10)(H,11,12). The van der Waals surface area contributed by atoms with Gasteiger partial charge >= 0.3 is 23.9 Å². The van der Waals surface area contributed by atoms with E-state index in [2.05, 4.69) is 38.4 Å². The predicted molar refractivity (Wildman–Crippen MR) is 109 cm³/mol. The van der Waals surface area contributed by atoms with E-state index in [0.29, 0.717) is 13.0 Å². The lowest BCUT2D eigenvalue weighted by Gasteiger charge is -2.18. The highest BCUT2D eigenvalue weighted by Gasteiger charge is 2.40. The van der Waals surface area contributed by atoms with Crippen LogP contribution >= 0.6 is 0 Å². The maximum absolute atomic E-state index is 11.4. The molecule has 0 amide bonds. The minimum absolute atomic E-state index is 0.0328. The summed E-state index contributed by atoms with van der Waals surface area (Å²) in [5.41, 5.74) is -2.74. The van der Waals surface area contributed by atoms with Gasteiger partial charge in [0.2, 0.25) is 0 Å². The van der Waals surface area contributed by atoms with Crippen LogP contribution in [0.4, 0.5) is 0 Å². The molecule has 0 spiro atoms. The SMILES string of the molecule is CCN(CC)CCOC(=O)CC[Si](C)(C)C.O=C(O)CC(O)(CC(=O)O)C(=O)O. The van der Waals surface area contributed by atoms with E-state index in [-0.39, 0.29) is 5.97 Å². The third kappa shape index (κ3) is 16.7. The monoisotopic (exact) mass is 437 g/mol. The minimum atomic E-state index is -2.74. The van der Waals surface area contributed by atoms with E-state index in [9.17, 15) is 19.2 Å². The number of rotatable bonds is 13. The van der Waals surface area contributed by atoms with Crippen LogP contribution in [-0.2, 0) is 23.9 Å². The van der Waals surface area contributed by atoms with Crippen molar-refractivity contribution in [2.45, 2.75) is 64.4 Å². The lowest BCUT2D eigenvalue weighted by Crippen LogP contribution is -2.42. The normalized spacial score (nSPS) is 11.4. The number of likely N-dealkylation sites (N-methyl/N-ethyl adjacent to an activating group) is 1. The van der Waals surface area contributed by atoms with Crippen molar-refractivity contribution in [2.75, 3.05) is 26.2 Å². The van der Waals surface area contributed by atoms with Crippen molar-refractivity contribution >= 4 is 32.0 Å². The Labute approximate surface area is 172 Å². The summed E-state index contributed by atoms with van der Waals surface area (Å²) in [6, 6.07) is 1.02. The highest BCUT2D eigenvalue weighted by molar-refractivity contribution is 6.76. The van der Waals surface area contributed by atoms with Gasteiger partial charge < -0.3 is 30.1 Å². The third-order valence-electron chi connectivity index (χ3n) is 3.93. The topological polar surface area (TPSA) is 162 Å². The van der Waals surface area contributed by atoms with Gasteiger partial charge in [0.15, 0.2) is 5.60 Å². The second kappa shape index (κ2) is 14.1. The smallest absolute Gasteiger partial charge is 0.336 e. The Balaban J connectivity index is 0. The summed E-state index contributed by atoms with van der Waals surface area (Å²) in [4.78, 5) is 44.2. The first-order valence-corrected chi connectivity index (χ1v) is 13.1. The number of ether oxygens (including phenoxy) is 1. The van der Waals surface area contributed by atoms with Crippen LogP contribution in [0.15, 0.2) is 0 Å². The van der Waals surface area contributed by atoms with Crippen molar-refractivity contribution < 1.29 is 44.3 Å². The molecule has 0 saturated carbocycles. The van der Waals surface area contributed by atoms with Crippen LogP contribution in [0.3, 0.4) is 0 Å². The Kier molecular flexibility index (Phi) is 14.2. The van der Waals surface area contributed by atoms with Gasteiger partial charge in [0.05, 0.1) is 12.8 Å². The second-order valence-corrected chi connectivity index (χ2v) is 13.4. The van der Waals surface area contributed by atoms with Crippen LogP contribution in [0.2, 0.25) is 25.7 Å². The zero-order valence-electron chi connectivity index (χ0n) is 17.9. The number of hydrogen-bond acceptors (Lipinski definition) is 7. The maximum atomic E-state index is 11.4. The summed E-state index contributed by atoms with van der Waals surface area (Å²) in [6.07, 6.45) is -1.70. The Morgan fingerprint density at radius 2 is 1.38 bits per heavy atom. The summed E-state index contributed by atoms with van der Waals surface area (Å²) in [7, 11) is -1.11. The summed E-state index contributed by atoms with van der Waals surface area (Å²) in [5.74, 6) is -5.05. The zero-order valence-corrected chi connectivity index (χ0v) is 18.9. The number of aliphatic carboxylic acids is 3. The third-order valence-corrected chi connectivity index (χ3v) is 5.68. The summed E-state index contributed by atoms with van der Waals surface area (Å²) < 4.78 is 5.21. The van der Waals surface area contributed by atoms with E-state index in [4.69, 9.17) is 25.2 Å². The largest absolute Gasteiger partial charge is 0.481 e. The number of carbonyl (C=O) groups excluding carboxylic acids is 1. The molecule has 0 saturated heterocycles. The van der Waals surface area contributed by atoms with Gasteiger partial charge in [-0.25, -0.2) is 4.79 Å². The van der Waals surface area contributed by atoms with Gasteiger partial charge in [-0.1, -0.05) is 33.5 Å². The molecular formula is C18H35NO9Si.